The molecule has 1 fully saturated rings. The van der Waals surface area contributed by atoms with Crippen LogP contribution in [0.3, 0.4) is 0 Å². The van der Waals surface area contributed by atoms with Crippen LogP contribution in [0.1, 0.15) is 24.8 Å². The van der Waals surface area contributed by atoms with E-state index in [0.717, 1.165) is 6.42 Å². The van der Waals surface area contributed by atoms with E-state index in [1.165, 1.54) is 13.2 Å². The molecule has 1 saturated carbocycles. The molecule has 102 valence electrons. The molecular weight excluding hydrogens is 255 g/mol. The van der Waals surface area contributed by atoms with Crippen molar-refractivity contribution in [1.29, 1.82) is 0 Å². The van der Waals surface area contributed by atoms with Gasteiger partial charge in [-0.1, -0.05) is 6.42 Å². The largest absolute Gasteiger partial charge is 0.493 e. The van der Waals surface area contributed by atoms with Gasteiger partial charge in [0.1, 0.15) is 5.41 Å². The van der Waals surface area contributed by atoms with Crippen molar-refractivity contribution < 1.29 is 28.5 Å². The highest BCUT2D eigenvalue weighted by Crippen LogP contribution is 2.55. The van der Waals surface area contributed by atoms with Crippen LogP contribution in [0.2, 0.25) is 0 Å². The van der Waals surface area contributed by atoms with Crippen LogP contribution < -0.4 is 14.2 Å². The maximum Gasteiger partial charge on any atom is 0.314 e. The van der Waals surface area contributed by atoms with E-state index in [9.17, 15) is 14.3 Å². The Balaban J connectivity index is 2.27. The van der Waals surface area contributed by atoms with Crippen molar-refractivity contribution in [2.45, 2.75) is 24.7 Å². The van der Waals surface area contributed by atoms with Gasteiger partial charge in [-0.2, -0.15) is 0 Å². The van der Waals surface area contributed by atoms with Crippen molar-refractivity contribution in [3.05, 3.63) is 17.4 Å². The second-order valence-electron chi connectivity index (χ2n) is 4.74. The van der Waals surface area contributed by atoms with Crippen molar-refractivity contribution >= 4 is 5.97 Å². The standard InChI is InChI=1S/C13H13FO5/c1-17-10-7(14)5-8-11(19-6-18-8)9(10)13(12(15)16)3-2-4-13/h5H,2-4,6H2,1H3,(H,15,16). The van der Waals surface area contributed by atoms with Gasteiger partial charge < -0.3 is 19.3 Å². The van der Waals surface area contributed by atoms with Crippen molar-refractivity contribution in [2.24, 2.45) is 0 Å². The van der Waals surface area contributed by atoms with Gasteiger partial charge in [-0.25, -0.2) is 4.39 Å². The zero-order chi connectivity index (χ0) is 13.6. The molecule has 19 heavy (non-hydrogen) atoms. The van der Waals surface area contributed by atoms with Gasteiger partial charge in [-0.05, 0) is 12.8 Å². The first-order valence-corrected chi connectivity index (χ1v) is 6.00. The highest BCUT2D eigenvalue weighted by molar-refractivity contribution is 5.86. The first-order chi connectivity index (χ1) is 9.10. The molecule has 1 heterocycles. The number of benzene rings is 1. The van der Waals surface area contributed by atoms with Gasteiger partial charge in [0, 0.05) is 6.07 Å². The molecule has 1 N–H and O–H groups in total. The Bertz CT molecular complexity index is 547. The van der Waals surface area contributed by atoms with Crippen LogP contribution >= 0.6 is 0 Å². The number of carboxylic acid groups (broad SMARTS) is 1. The fourth-order valence-electron chi connectivity index (χ4n) is 2.73. The van der Waals surface area contributed by atoms with Gasteiger partial charge in [0.25, 0.3) is 0 Å². The Kier molecular flexibility index (Phi) is 2.55. The Morgan fingerprint density at radius 3 is 2.74 bits per heavy atom. The van der Waals surface area contributed by atoms with Crippen molar-refractivity contribution in [3.8, 4) is 17.2 Å². The molecule has 6 heteroatoms. The van der Waals surface area contributed by atoms with Gasteiger partial charge in [0.05, 0.1) is 12.7 Å². The lowest BCUT2D eigenvalue weighted by atomic mass is 9.64. The van der Waals surface area contributed by atoms with Crippen LogP contribution in [0.5, 0.6) is 17.2 Å². The fourth-order valence-corrected chi connectivity index (χ4v) is 2.73. The molecule has 0 atom stereocenters. The monoisotopic (exact) mass is 268 g/mol. The SMILES string of the molecule is COc1c(F)cc2c(c1C1(C(=O)O)CCC1)OCO2. The molecule has 3 rings (SSSR count). The third-order valence-electron chi connectivity index (χ3n) is 3.87. The highest BCUT2D eigenvalue weighted by atomic mass is 19.1. The second-order valence-corrected chi connectivity index (χ2v) is 4.74. The Hall–Kier alpha value is -1.98. The summed E-state index contributed by atoms with van der Waals surface area (Å²) in [5.74, 6) is -1.15. The molecule has 0 saturated heterocycles. The average molecular weight is 268 g/mol. The van der Waals surface area contributed by atoms with Crippen LogP contribution in [0.25, 0.3) is 0 Å². The van der Waals surface area contributed by atoms with Crippen LogP contribution in [0.4, 0.5) is 4.39 Å². The summed E-state index contributed by atoms with van der Waals surface area (Å²) in [7, 11) is 1.32. The zero-order valence-corrected chi connectivity index (χ0v) is 10.4. The lowest BCUT2D eigenvalue weighted by molar-refractivity contribution is -0.147. The Morgan fingerprint density at radius 2 is 2.21 bits per heavy atom. The first kappa shape index (κ1) is 12.1. The topological polar surface area (TPSA) is 65.0 Å². The lowest BCUT2D eigenvalue weighted by Gasteiger charge is -2.39. The molecule has 0 aromatic heterocycles. The number of hydrogen-bond acceptors (Lipinski definition) is 4. The summed E-state index contributed by atoms with van der Waals surface area (Å²) in [5, 5.41) is 9.50. The summed E-state index contributed by atoms with van der Waals surface area (Å²) < 4.78 is 29.5. The molecule has 0 spiro atoms. The van der Waals surface area contributed by atoms with Crippen LogP contribution in [0, 0.1) is 5.82 Å². The van der Waals surface area contributed by atoms with Crippen molar-refractivity contribution in [3.63, 3.8) is 0 Å². The first-order valence-electron chi connectivity index (χ1n) is 6.00. The number of aliphatic carboxylic acids is 1. The molecule has 0 amide bonds. The van der Waals surface area contributed by atoms with Crippen molar-refractivity contribution in [2.75, 3.05) is 13.9 Å². The number of rotatable bonds is 3. The third-order valence-corrected chi connectivity index (χ3v) is 3.87. The minimum Gasteiger partial charge on any atom is -0.493 e. The molecule has 1 aliphatic carbocycles. The second kappa shape index (κ2) is 4.01. The predicted octanol–water partition coefficient (Wildman–Crippen LogP) is 2.07. The number of halogens is 1. The lowest BCUT2D eigenvalue weighted by Crippen LogP contribution is -2.43. The molecule has 5 nitrogen and oxygen atoms in total. The number of carbonyl (C=O) groups is 1. The van der Waals surface area contributed by atoms with Crippen molar-refractivity contribution in [1.82, 2.24) is 0 Å². The highest BCUT2D eigenvalue weighted by Gasteiger charge is 2.51. The fraction of sp³-hybridized carbons (Fsp3) is 0.462. The summed E-state index contributed by atoms with van der Waals surface area (Å²) in [5.41, 5.74) is -0.869. The summed E-state index contributed by atoms with van der Waals surface area (Å²) in [4.78, 5) is 11.6. The molecule has 1 aliphatic heterocycles. The number of fused-ring (bicyclic) bond motifs is 1. The number of carboxylic acids is 1. The van der Waals surface area contributed by atoms with Gasteiger partial charge in [0.2, 0.25) is 6.79 Å². The average Bonchev–Trinajstić information content (AvgIpc) is 2.74. The maximum atomic E-state index is 14.0. The zero-order valence-electron chi connectivity index (χ0n) is 10.4. The molecule has 0 radical (unpaired) electrons. The Labute approximate surface area is 108 Å². The molecular formula is C13H13FO5. The molecule has 0 bridgehead atoms. The van der Waals surface area contributed by atoms with Crippen LogP contribution in [-0.4, -0.2) is 25.0 Å². The van der Waals surface area contributed by atoms with E-state index in [1.54, 1.807) is 0 Å². The third kappa shape index (κ3) is 1.49. The summed E-state index contributed by atoms with van der Waals surface area (Å²) in [6.45, 7) is -0.0371. The van der Waals surface area contributed by atoms with Crippen LogP contribution in [-0.2, 0) is 10.2 Å². The maximum absolute atomic E-state index is 14.0. The van der Waals surface area contributed by atoms with E-state index >= 15 is 0 Å². The normalized spacial score (nSPS) is 18.8. The van der Waals surface area contributed by atoms with E-state index in [2.05, 4.69) is 0 Å². The van der Waals surface area contributed by atoms with E-state index in [1.807, 2.05) is 0 Å². The van der Waals surface area contributed by atoms with E-state index in [-0.39, 0.29) is 23.9 Å². The van der Waals surface area contributed by atoms with Gasteiger partial charge >= 0.3 is 5.97 Å². The minimum absolute atomic E-state index is 0.0371. The molecule has 2 aliphatic rings. The van der Waals surface area contributed by atoms with Crippen LogP contribution in [0.15, 0.2) is 6.07 Å². The molecule has 0 unspecified atom stereocenters. The van der Waals surface area contributed by atoms with Gasteiger partial charge in [0.15, 0.2) is 23.1 Å². The van der Waals surface area contributed by atoms with Gasteiger partial charge in [-0.3, -0.25) is 4.79 Å². The van der Waals surface area contributed by atoms with Gasteiger partial charge in [-0.15, -0.1) is 0 Å². The predicted molar refractivity (Wildman–Crippen MR) is 62.2 cm³/mol. The summed E-state index contributed by atoms with van der Waals surface area (Å²) >= 11 is 0. The minimum atomic E-state index is -1.13. The smallest absolute Gasteiger partial charge is 0.314 e. The van der Waals surface area contributed by atoms with E-state index in [0.29, 0.717) is 18.6 Å². The number of methoxy groups -OCH3 is 1. The molecule has 1 aromatic rings. The summed E-state index contributed by atoms with van der Waals surface area (Å²) in [6.07, 6.45) is 1.66. The molecule has 1 aromatic carbocycles. The number of hydrogen-bond donors (Lipinski definition) is 1. The Morgan fingerprint density at radius 1 is 1.47 bits per heavy atom. The van der Waals surface area contributed by atoms with E-state index in [4.69, 9.17) is 14.2 Å². The number of ether oxygens (including phenoxy) is 3. The quantitative estimate of drug-likeness (QED) is 0.909. The summed E-state index contributed by atoms with van der Waals surface area (Å²) in [6, 6.07) is 1.17. The van der Waals surface area contributed by atoms with E-state index < -0.39 is 17.2 Å².